The quantitative estimate of drug-likeness (QED) is 0.431. The number of nitrogens with zero attached hydrogens (tertiary/aromatic N) is 1. The minimum Gasteiger partial charge on any atom is -0.342 e. The lowest BCUT2D eigenvalue weighted by molar-refractivity contribution is -0.139. The van der Waals surface area contributed by atoms with Crippen LogP contribution in [-0.4, -0.2) is 23.9 Å². The molecule has 7 heavy (non-hydrogen) atoms. The van der Waals surface area contributed by atoms with E-state index in [0.717, 1.165) is 19.5 Å². The number of rotatable bonds is 1. The van der Waals surface area contributed by atoms with Crippen LogP contribution in [0.1, 0.15) is 13.3 Å². The highest BCUT2D eigenvalue weighted by Crippen LogP contribution is 2.05. The highest BCUT2D eigenvalue weighted by Gasteiger charge is 2.20. The Balaban J connectivity index is 2.29. The minimum absolute atomic E-state index is 0.308. The maximum absolute atomic E-state index is 10.4. The van der Waals surface area contributed by atoms with Crippen LogP contribution in [0.4, 0.5) is 0 Å². The van der Waals surface area contributed by atoms with Gasteiger partial charge in [-0.1, -0.05) is 0 Å². The number of carbonyl (C=O) groups excluding carboxylic acids is 1. The van der Waals surface area contributed by atoms with Gasteiger partial charge in [0.1, 0.15) is 0 Å². The topological polar surface area (TPSA) is 20.3 Å². The Kier molecular flexibility index (Phi) is 1.01. The second-order valence-corrected chi connectivity index (χ2v) is 1.72. The van der Waals surface area contributed by atoms with Gasteiger partial charge in [-0.3, -0.25) is 4.79 Å². The average molecular weight is 99.1 g/mol. The SMILES string of the molecule is CCN1CCC1=O. The Labute approximate surface area is 43.1 Å². The second kappa shape index (κ2) is 1.52. The lowest BCUT2D eigenvalue weighted by atomic mass is 10.2. The molecule has 1 amide bonds. The van der Waals surface area contributed by atoms with E-state index in [1.807, 2.05) is 11.8 Å². The van der Waals surface area contributed by atoms with Gasteiger partial charge in [-0.25, -0.2) is 0 Å². The van der Waals surface area contributed by atoms with E-state index >= 15 is 0 Å². The molecular weight excluding hydrogens is 90.1 g/mol. The first-order valence-corrected chi connectivity index (χ1v) is 2.62. The van der Waals surface area contributed by atoms with Crippen molar-refractivity contribution in [1.82, 2.24) is 4.90 Å². The molecule has 1 aliphatic rings. The molecule has 2 heteroatoms. The first kappa shape index (κ1) is 4.62. The number of carbonyl (C=O) groups is 1. The summed E-state index contributed by atoms with van der Waals surface area (Å²) < 4.78 is 0. The van der Waals surface area contributed by atoms with E-state index in [9.17, 15) is 4.79 Å². The minimum atomic E-state index is 0.308. The van der Waals surface area contributed by atoms with Crippen LogP contribution in [0, 0.1) is 0 Å². The zero-order valence-corrected chi connectivity index (χ0v) is 4.48. The third-order valence-electron chi connectivity index (χ3n) is 1.33. The van der Waals surface area contributed by atoms with Crippen LogP contribution in [0.15, 0.2) is 0 Å². The standard InChI is InChI=1S/C5H9NO/c1-2-6-4-3-5(6)7/h2-4H2,1H3. The maximum atomic E-state index is 10.4. The number of likely N-dealkylation sites (tertiary alicyclic amines) is 1. The molecule has 0 aliphatic carbocycles. The molecule has 0 radical (unpaired) electrons. The summed E-state index contributed by atoms with van der Waals surface area (Å²) in [5.41, 5.74) is 0. The van der Waals surface area contributed by atoms with Crippen molar-refractivity contribution in [3.05, 3.63) is 0 Å². The van der Waals surface area contributed by atoms with E-state index in [1.54, 1.807) is 0 Å². The molecule has 0 bridgehead atoms. The molecular formula is C5H9NO. The fourth-order valence-electron chi connectivity index (χ4n) is 0.696. The molecule has 2 nitrogen and oxygen atoms in total. The van der Waals surface area contributed by atoms with Crippen LogP contribution in [0.25, 0.3) is 0 Å². The summed E-state index contributed by atoms with van der Waals surface area (Å²) in [6.07, 6.45) is 0.772. The van der Waals surface area contributed by atoms with Crippen LogP contribution in [0.2, 0.25) is 0 Å². The van der Waals surface area contributed by atoms with Crippen LogP contribution in [0.3, 0.4) is 0 Å². The fraction of sp³-hybridized carbons (Fsp3) is 0.800. The van der Waals surface area contributed by atoms with E-state index in [-0.39, 0.29) is 0 Å². The molecule has 1 saturated heterocycles. The maximum Gasteiger partial charge on any atom is 0.224 e. The lowest BCUT2D eigenvalue weighted by Crippen LogP contribution is -2.42. The zero-order valence-electron chi connectivity index (χ0n) is 4.48. The molecule has 0 N–H and O–H groups in total. The number of hydrogen-bond donors (Lipinski definition) is 0. The Morgan fingerprint density at radius 1 is 1.86 bits per heavy atom. The van der Waals surface area contributed by atoms with Crippen molar-refractivity contribution in [2.24, 2.45) is 0 Å². The summed E-state index contributed by atoms with van der Waals surface area (Å²) in [6, 6.07) is 0. The van der Waals surface area contributed by atoms with Gasteiger partial charge < -0.3 is 4.90 Å². The average Bonchev–Trinajstić information content (AvgIpc) is 1.65. The highest BCUT2D eigenvalue weighted by molar-refractivity contribution is 5.81. The van der Waals surface area contributed by atoms with Crippen LogP contribution in [0.5, 0.6) is 0 Å². The molecule has 1 rings (SSSR count). The van der Waals surface area contributed by atoms with Gasteiger partial charge >= 0.3 is 0 Å². The summed E-state index contributed by atoms with van der Waals surface area (Å²) >= 11 is 0. The van der Waals surface area contributed by atoms with Crippen molar-refractivity contribution in [3.8, 4) is 0 Å². The van der Waals surface area contributed by atoms with Gasteiger partial charge in [0.05, 0.1) is 0 Å². The largest absolute Gasteiger partial charge is 0.342 e. The van der Waals surface area contributed by atoms with Crippen molar-refractivity contribution in [1.29, 1.82) is 0 Å². The first-order valence-electron chi connectivity index (χ1n) is 2.62. The van der Waals surface area contributed by atoms with Crippen molar-refractivity contribution in [2.45, 2.75) is 13.3 Å². The van der Waals surface area contributed by atoms with E-state index in [0.29, 0.717) is 5.91 Å². The zero-order chi connectivity index (χ0) is 5.28. The van der Waals surface area contributed by atoms with E-state index in [2.05, 4.69) is 0 Å². The van der Waals surface area contributed by atoms with Crippen LogP contribution < -0.4 is 0 Å². The number of β-lactam (4-membered cyclic amide) rings is 1. The van der Waals surface area contributed by atoms with E-state index < -0.39 is 0 Å². The first-order chi connectivity index (χ1) is 3.34. The van der Waals surface area contributed by atoms with Gasteiger partial charge in [0.25, 0.3) is 0 Å². The summed E-state index contributed by atoms with van der Waals surface area (Å²) in [7, 11) is 0. The van der Waals surface area contributed by atoms with Crippen molar-refractivity contribution in [2.75, 3.05) is 13.1 Å². The van der Waals surface area contributed by atoms with Gasteiger partial charge in [-0.05, 0) is 6.92 Å². The summed E-state index contributed by atoms with van der Waals surface area (Å²) in [6.45, 7) is 3.87. The van der Waals surface area contributed by atoms with Crippen molar-refractivity contribution < 1.29 is 4.79 Å². The van der Waals surface area contributed by atoms with Gasteiger partial charge in [0.2, 0.25) is 5.91 Å². The Morgan fingerprint density at radius 3 is 2.57 bits per heavy atom. The molecule has 0 aromatic heterocycles. The Morgan fingerprint density at radius 2 is 2.57 bits per heavy atom. The van der Waals surface area contributed by atoms with Gasteiger partial charge in [-0.2, -0.15) is 0 Å². The summed E-state index contributed by atoms with van der Waals surface area (Å²) in [5.74, 6) is 0.308. The predicted octanol–water partition coefficient (Wildman–Crippen LogP) is 0.239. The van der Waals surface area contributed by atoms with Gasteiger partial charge in [0, 0.05) is 19.5 Å². The normalized spacial score (nSPS) is 19.6. The third kappa shape index (κ3) is 0.601. The summed E-state index contributed by atoms with van der Waals surface area (Å²) in [4.78, 5) is 12.2. The van der Waals surface area contributed by atoms with Crippen LogP contribution >= 0.6 is 0 Å². The molecule has 1 heterocycles. The lowest BCUT2D eigenvalue weighted by Gasteiger charge is -2.28. The van der Waals surface area contributed by atoms with Gasteiger partial charge in [-0.15, -0.1) is 0 Å². The Bertz CT molecular complexity index is 88.1. The predicted molar refractivity (Wildman–Crippen MR) is 26.9 cm³/mol. The van der Waals surface area contributed by atoms with Gasteiger partial charge in [0.15, 0.2) is 0 Å². The molecule has 40 valence electrons. The smallest absolute Gasteiger partial charge is 0.224 e. The monoisotopic (exact) mass is 99.1 g/mol. The highest BCUT2D eigenvalue weighted by atomic mass is 16.2. The molecule has 0 unspecified atom stereocenters. The van der Waals surface area contributed by atoms with E-state index in [1.165, 1.54) is 0 Å². The van der Waals surface area contributed by atoms with Crippen LogP contribution in [-0.2, 0) is 4.79 Å². The molecule has 1 aliphatic heterocycles. The fourth-order valence-corrected chi connectivity index (χ4v) is 0.696. The molecule has 0 spiro atoms. The van der Waals surface area contributed by atoms with E-state index in [4.69, 9.17) is 0 Å². The molecule has 0 atom stereocenters. The molecule has 0 saturated carbocycles. The molecule has 1 fully saturated rings. The number of amides is 1. The molecule has 0 aromatic carbocycles. The Hall–Kier alpha value is -0.530. The van der Waals surface area contributed by atoms with Crippen molar-refractivity contribution >= 4 is 5.91 Å². The third-order valence-corrected chi connectivity index (χ3v) is 1.33. The number of hydrogen-bond acceptors (Lipinski definition) is 1. The molecule has 0 aromatic rings. The summed E-state index contributed by atoms with van der Waals surface area (Å²) in [5, 5.41) is 0. The van der Waals surface area contributed by atoms with Crippen molar-refractivity contribution in [3.63, 3.8) is 0 Å². The second-order valence-electron chi connectivity index (χ2n) is 1.72.